The molecule has 29 heavy (non-hydrogen) atoms. The van der Waals surface area contributed by atoms with Crippen LogP contribution in [-0.2, 0) is 30.4 Å². The van der Waals surface area contributed by atoms with Crippen LogP contribution in [0.3, 0.4) is 0 Å². The lowest BCUT2D eigenvalue weighted by molar-refractivity contribution is -0.152. The highest BCUT2D eigenvalue weighted by Gasteiger charge is 2.24. The molecule has 0 bridgehead atoms. The van der Waals surface area contributed by atoms with E-state index >= 15 is 0 Å². The minimum atomic E-state index is -0.633. The van der Waals surface area contributed by atoms with Crippen molar-refractivity contribution < 1.29 is 28.7 Å². The normalized spacial score (nSPS) is 13.0. The average Bonchev–Trinajstić information content (AvgIpc) is 3.45. The van der Waals surface area contributed by atoms with Gasteiger partial charge < -0.3 is 24.3 Å². The molecule has 1 heterocycles. The molecule has 3 rings (SSSR count). The van der Waals surface area contributed by atoms with E-state index in [1.807, 2.05) is 0 Å². The lowest BCUT2D eigenvalue weighted by atomic mass is 10.2. The summed E-state index contributed by atoms with van der Waals surface area (Å²) in [6, 6.07) is 7.32. The van der Waals surface area contributed by atoms with E-state index in [2.05, 4.69) is 5.32 Å². The molecule has 1 aromatic carbocycles. The van der Waals surface area contributed by atoms with Gasteiger partial charge in [0.25, 0.3) is 5.91 Å². The van der Waals surface area contributed by atoms with Crippen LogP contribution in [0.15, 0.2) is 30.5 Å². The molecule has 2 aromatic rings. The third kappa shape index (κ3) is 5.13. The standard InChI is InChI=1S/C20H23N3O6/c1-22(10-17(24)21-13-7-8-13)18(25)12-29-19(26)11-23-9-15(20(27)28-2)14-5-3-4-6-16(14)23/h3-6,9,13H,7-8,10-12H2,1-2H3,(H,21,24). The third-order valence-corrected chi connectivity index (χ3v) is 4.60. The molecule has 0 saturated heterocycles. The van der Waals surface area contributed by atoms with Crippen molar-refractivity contribution in [2.45, 2.75) is 25.4 Å². The second-order valence-corrected chi connectivity index (χ2v) is 6.93. The highest BCUT2D eigenvalue weighted by Crippen LogP contribution is 2.22. The number of hydrogen-bond acceptors (Lipinski definition) is 6. The monoisotopic (exact) mass is 401 g/mol. The van der Waals surface area contributed by atoms with Crippen LogP contribution in [0.1, 0.15) is 23.2 Å². The van der Waals surface area contributed by atoms with Gasteiger partial charge in [-0.3, -0.25) is 14.4 Å². The molecular formula is C20H23N3O6. The molecule has 0 radical (unpaired) electrons. The summed E-state index contributed by atoms with van der Waals surface area (Å²) in [5.74, 6) is -1.85. The zero-order valence-corrected chi connectivity index (χ0v) is 16.3. The molecule has 1 aromatic heterocycles. The van der Waals surface area contributed by atoms with Gasteiger partial charge in [-0.2, -0.15) is 0 Å². The van der Waals surface area contributed by atoms with Gasteiger partial charge in [-0.1, -0.05) is 18.2 Å². The SMILES string of the molecule is COC(=O)c1cn(CC(=O)OCC(=O)N(C)CC(=O)NC2CC2)c2ccccc12. The van der Waals surface area contributed by atoms with Crippen LogP contribution in [0.25, 0.3) is 10.9 Å². The third-order valence-electron chi connectivity index (χ3n) is 4.60. The second-order valence-electron chi connectivity index (χ2n) is 6.93. The molecule has 0 aliphatic heterocycles. The number of esters is 2. The molecule has 154 valence electrons. The molecule has 1 aliphatic rings. The molecule has 0 atom stereocenters. The Bertz CT molecular complexity index is 947. The molecular weight excluding hydrogens is 378 g/mol. The summed E-state index contributed by atoms with van der Waals surface area (Å²) < 4.78 is 11.4. The number of amides is 2. The van der Waals surface area contributed by atoms with E-state index in [4.69, 9.17) is 9.47 Å². The molecule has 9 nitrogen and oxygen atoms in total. The zero-order valence-electron chi connectivity index (χ0n) is 16.3. The Hall–Kier alpha value is -3.36. The van der Waals surface area contributed by atoms with E-state index in [0.29, 0.717) is 16.5 Å². The van der Waals surface area contributed by atoms with E-state index < -0.39 is 24.5 Å². The lowest BCUT2D eigenvalue weighted by Crippen LogP contribution is -2.40. The van der Waals surface area contributed by atoms with Crippen LogP contribution in [-0.4, -0.2) is 66.6 Å². The number of methoxy groups -OCH3 is 1. The summed E-state index contributed by atoms with van der Waals surface area (Å²) in [7, 11) is 2.76. The van der Waals surface area contributed by atoms with E-state index in [9.17, 15) is 19.2 Å². The zero-order chi connectivity index (χ0) is 21.0. The van der Waals surface area contributed by atoms with Crippen molar-refractivity contribution in [1.82, 2.24) is 14.8 Å². The maximum atomic E-state index is 12.2. The fraction of sp³-hybridized carbons (Fsp3) is 0.400. The summed E-state index contributed by atoms with van der Waals surface area (Å²) in [5, 5.41) is 3.45. The summed E-state index contributed by atoms with van der Waals surface area (Å²) in [4.78, 5) is 49.2. The predicted octanol–water partition coefficient (Wildman–Crippen LogP) is 0.708. The number of rotatable bonds is 8. The Labute approximate surface area is 167 Å². The van der Waals surface area contributed by atoms with Gasteiger partial charge >= 0.3 is 11.9 Å². The number of hydrogen-bond donors (Lipinski definition) is 1. The molecule has 0 spiro atoms. The maximum Gasteiger partial charge on any atom is 0.340 e. The van der Waals surface area contributed by atoms with Crippen LogP contribution in [0.4, 0.5) is 0 Å². The van der Waals surface area contributed by atoms with Gasteiger partial charge in [0.05, 0.1) is 19.2 Å². The Balaban J connectivity index is 1.56. The van der Waals surface area contributed by atoms with Crippen molar-refractivity contribution in [2.75, 3.05) is 27.3 Å². The van der Waals surface area contributed by atoms with E-state index in [-0.39, 0.29) is 25.0 Å². The predicted molar refractivity (Wildman–Crippen MR) is 103 cm³/mol. The Morgan fingerprint density at radius 1 is 1.21 bits per heavy atom. The Kier molecular flexibility index (Phi) is 6.16. The fourth-order valence-electron chi connectivity index (χ4n) is 2.89. The van der Waals surface area contributed by atoms with Crippen LogP contribution in [0.5, 0.6) is 0 Å². The number of fused-ring (bicyclic) bond motifs is 1. The van der Waals surface area contributed by atoms with Crippen molar-refractivity contribution >= 4 is 34.7 Å². The topological polar surface area (TPSA) is 107 Å². The number of benzene rings is 1. The smallest absolute Gasteiger partial charge is 0.340 e. The van der Waals surface area contributed by atoms with Gasteiger partial charge in [-0.05, 0) is 18.9 Å². The minimum Gasteiger partial charge on any atom is -0.465 e. The van der Waals surface area contributed by atoms with Crippen LogP contribution < -0.4 is 5.32 Å². The molecule has 9 heteroatoms. The number of nitrogens with one attached hydrogen (secondary N) is 1. The fourth-order valence-corrected chi connectivity index (χ4v) is 2.89. The van der Waals surface area contributed by atoms with Crippen molar-refractivity contribution in [3.63, 3.8) is 0 Å². The average molecular weight is 401 g/mol. The maximum absolute atomic E-state index is 12.2. The van der Waals surface area contributed by atoms with Crippen molar-refractivity contribution in [3.05, 3.63) is 36.0 Å². The van der Waals surface area contributed by atoms with Crippen LogP contribution >= 0.6 is 0 Å². The molecule has 1 saturated carbocycles. The number of nitrogens with zero attached hydrogens (tertiary/aromatic N) is 2. The molecule has 0 unspecified atom stereocenters. The first kappa shape index (κ1) is 20.4. The molecule has 1 aliphatic carbocycles. The van der Waals surface area contributed by atoms with Crippen molar-refractivity contribution in [3.8, 4) is 0 Å². The van der Waals surface area contributed by atoms with E-state index in [0.717, 1.165) is 12.8 Å². The van der Waals surface area contributed by atoms with Gasteiger partial charge in [0.1, 0.15) is 6.54 Å². The summed E-state index contributed by atoms with van der Waals surface area (Å²) in [6.45, 7) is -0.719. The van der Waals surface area contributed by atoms with Gasteiger partial charge in [-0.25, -0.2) is 4.79 Å². The van der Waals surface area contributed by atoms with Gasteiger partial charge in [0, 0.05) is 30.2 Å². The highest BCUT2D eigenvalue weighted by molar-refractivity contribution is 6.04. The van der Waals surface area contributed by atoms with Crippen molar-refractivity contribution in [1.29, 1.82) is 0 Å². The number of carbonyl (C=O) groups is 4. The Morgan fingerprint density at radius 2 is 1.93 bits per heavy atom. The number of likely N-dealkylation sites (N-methyl/N-ethyl adjacent to an activating group) is 1. The summed E-state index contributed by atoms with van der Waals surface area (Å²) in [5.41, 5.74) is 1.01. The quantitative estimate of drug-likeness (QED) is 0.653. The lowest BCUT2D eigenvalue weighted by Gasteiger charge is -2.16. The molecule has 2 amide bonds. The molecule has 1 N–H and O–H groups in total. The molecule has 1 fully saturated rings. The van der Waals surface area contributed by atoms with Crippen LogP contribution in [0.2, 0.25) is 0 Å². The summed E-state index contributed by atoms with van der Waals surface area (Å²) in [6.07, 6.45) is 3.45. The minimum absolute atomic E-state index is 0.0857. The van der Waals surface area contributed by atoms with Gasteiger partial charge in [-0.15, -0.1) is 0 Å². The number of aromatic nitrogens is 1. The first-order valence-corrected chi connectivity index (χ1v) is 9.24. The highest BCUT2D eigenvalue weighted by atomic mass is 16.5. The number of ether oxygens (including phenoxy) is 2. The first-order chi connectivity index (χ1) is 13.9. The summed E-state index contributed by atoms with van der Waals surface area (Å²) >= 11 is 0. The van der Waals surface area contributed by atoms with E-state index in [1.165, 1.54) is 25.3 Å². The Morgan fingerprint density at radius 3 is 2.62 bits per heavy atom. The number of para-hydroxylation sites is 1. The van der Waals surface area contributed by atoms with Crippen LogP contribution in [0, 0.1) is 0 Å². The van der Waals surface area contributed by atoms with Gasteiger partial charge in [0.15, 0.2) is 6.61 Å². The largest absolute Gasteiger partial charge is 0.465 e. The number of carbonyl (C=O) groups excluding carboxylic acids is 4. The van der Waals surface area contributed by atoms with E-state index in [1.54, 1.807) is 28.8 Å². The first-order valence-electron chi connectivity index (χ1n) is 9.24. The van der Waals surface area contributed by atoms with Crippen molar-refractivity contribution in [2.24, 2.45) is 0 Å². The second kappa shape index (κ2) is 8.76. The van der Waals surface area contributed by atoms with Gasteiger partial charge in [0.2, 0.25) is 5.91 Å².